The summed E-state index contributed by atoms with van der Waals surface area (Å²) in [5.41, 5.74) is 0.899. The lowest BCUT2D eigenvalue weighted by atomic mass is 10.2. The third-order valence-electron chi connectivity index (χ3n) is 3.08. The number of alkyl halides is 4. The van der Waals surface area contributed by atoms with Crippen LogP contribution in [0.4, 0.5) is 0 Å². The molecule has 0 N–H and O–H groups in total. The Kier molecular flexibility index (Phi) is 5.52. The Morgan fingerprint density at radius 2 is 1.54 bits per heavy atom. The second-order valence-electron chi connectivity index (χ2n) is 4.81. The van der Waals surface area contributed by atoms with E-state index in [0.717, 1.165) is 17.1 Å². The fourth-order valence-corrected chi connectivity index (χ4v) is 3.21. The van der Waals surface area contributed by atoms with Crippen molar-refractivity contribution in [1.82, 2.24) is 8.94 Å². The van der Waals surface area contributed by atoms with Crippen LogP contribution in [0.15, 0.2) is 65.7 Å². The monoisotopic (exact) mass is 417 g/mol. The Morgan fingerprint density at radius 1 is 0.958 bits per heavy atom. The number of aromatic nitrogens is 2. The van der Waals surface area contributed by atoms with Gasteiger partial charge in [0.1, 0.15) is 0 Å². The molecule has 0 unspecified atom stereocenters. The van der Waals surface area contributed by atoms with E-state index in [1.54, 1.807) is 0 Å². The van der Waals surface area contributed by atoms with Crippen LogP contribution in [0.3, 0.4) is 0 Å². The van der Waals surface area contributed by atoms with Gasteiger partial charge in [0.05, 0.1) is 5.69 Å². The molecule has 1 aromatic heterocycles. The molecule has 3 aromatic rings. The Balaban J connectivity index is 2.15. The predicted molar refractivity (Wildman–Crippen MR) is 102 cm³/mol. The van der Waals surface area contributed by atoms with E-state index >= 15 is 0 Å². The lowest BCUT2D eigenvalue weighted by molar-refractivity contribution is 0.890. The van der Waals surface area contributed by atoms with E-state index in [9.17, 15) is 0 Å². The van der Waals surface area contributed by atoms with E-state index in [1.165, 1.54) is 11.5 Å². The molecule has 124 valence electrons. The van der Waals surface area contributed by atoms with Gasteiger partial charge in [-0.05, 0) is 23.7 Å². The van der Waals surface area contributed by atoms with Crippen molar-refractivity contribution >= 4 is 57.9 Å². The lowest BCUT2D eigenvalue weighted by Gasteiger charge is -2.11. The van der Waals surface area contributed by atoms with Crippen LogP contribution in [0.5, 0.6) is 0 Å². The molecule has 0 spiro atoms. The van der Waals surface area contributed by atoms with E-state index in [4.69, 9.17) is 46.4 Å². The number of hydrogen-bond donors (Lipinski definition) is 0. The summed E-state index contributed by atoms with van der Waals surface area (Å²) < 4.78 is 0.272. The van der Waals surface area contributed by atoms with Gasteiger partial charge in [-0.15, -0.1) is 0 Å². The van der Waals surface area contributed by atoms with Crippen LogP contribution in [0.1, 0.15) is 0 Å². The first kappa shape index (κ1) is 17.8. The molecule has 0 aliphatic heterocycles. The Bertz CT molecular complexity index is 810. The highest BCUT2D eigenvalue weighted by atomic mass is 35.6. The van der Waals surface area contributed by atoms with Gasteiger partial charge in [-0.25, -0.2) is 8.95 Å². The van der Waals surface area contributed by atoms with Gasteiger partial charge in [0.2, 0.25) is 8.59 Å². The number of rotatable bonds is 3. The molecule has 3 nitrogen and oxygen atoms in total. The third kappa shape index (κ3) is 4.13. The first-order valence-electron chi connectivity index (χ1n) is 6.91. The number of hydrogen-bond acceptors (Lipinski definition) is 3. The fourth-order valence-electron chi connectivity index (χ4n) is 2.01. The molecule has 1 heterocycles. The minimum absolute atomic E-state index is 0.434. The fraction of sp³-hybridized carbons (Fsp3) is 0.125. The van der Waals surface area contributed by atoms with Crippen molar-refractivity contribution < 1.29 is 0 Å². The highest BCUT2D eigenvalue weighted by molar-refractivity contribution is 7.04. The zero-order valence-corrected chi connectivity index (χ0v) is 16.0. The first-order chi connectivity index (χ1) is 11.4. The van der Waals surface area contributed by atoms with Crippen LogP contribution >= 0.6 is 57.9 Å². The van der Waals surface area contributed by atoms with E-state index < -0.39 is 9.29 Å². The van der Waals surface area contributed by atoms with Gasteiger partial charge < -0.3 is 0 Å². The second-order valence-corrected chi connectivity index (χ2v) is 8.51. The molecule has 0 saturated carbocycles. The summed E-state index contributed by atoms with van der Waals surface area (Å²) in [5, 5.41) is 0. The van der Waals surface area contributed by atoms with Crippen molar-refractivity contribution in [2.75, 3.05) is 0 Å². The average Bonchev–Trinajstić information content (AvgIpc) is 2.99. The number of halogens is 4. The Labute approximate surface area is 163 Å². The summed E-state index contributed by atoms with van der Waals surface area (Å²) in [4.78, 5) is 9.22. The predicted octanol–water partition coefficient (Wildman–Crippen LogP) is 5.44. The number of para-hydroxylation sites is 1. The molecule has 3 rings (SSSR count). The molecule has 2 aromatic carbocycles. The summed E-state index contributed by atoms with van der Waals surface area (Å²) in [5.74, 6) is 0.749. The second kappa shape index (κ2) is 7.46. The summed E-state index contributed by atoms with van der Waals surface area (Å²) >= 11 is 24.7. The highest BCUT2D eigenvalue weighted by Gasteiger charge is 2.30. The quantitative estimate of drug-likeness (QED) is 0.411. The zero-order chi connectivity index (χ0) is 17.2. The van der Waals surface area contributed by atoms with Gasteiger partial charge in [0, 0.05) is 5.56 Å². The van der Waals surface area contributed by atoms with Crippen molar-refractivity contribution in [3.8, 4) is 17.1 Å². The van der Waals surface area contributed by atoms with Crippen molar-refractivity contribution in [2.45, 2.75) is 9.29 Å². The number of nitrogens with zero attached hydrogens (tertiary/aromatic N) is 3. The minimum atomic E-state index is -1.70. The van der Waals surface area contributed by atoms with E-state index in [1.807, 2.05) is 64.6 Å². The topological polar surface area (TPSA) is 30.2 Å². The van der Waals surface area contributed by atoms with Gasteiger partial charge in [0.25, 0.3) is 0 Å². The molecule has 0 saturated heterocycles. The maximum atomic E-state index is 6.04. The molecule has 0 fully saturated rings. The van der Waals surface area contributed by atoms with Gasteiger partial charge in [-0.3, -0.25) is 0 Å². The molecule has 1 atom stereocenters. The lowest BCUT2D eigenvalue weighted by Crippen LogP contribution is -2.20. The van der Waals surface area contributed by atoms with Gasteiger partial charge >= 0.3 is 0 Å². The molecule has 0 aliphatic carbocycles. The van der Waals surface area contributed by atoms with Gasteiger partial charge in [-0.2, -0.15) is 4.98 Å². The maximum Gasteiger partial charge on any atom is 0.226 e. The van der Waals surface area contributed by atoms with Crippen LogP contribution in [0, 0.1) is 0 Å². The summed E-state index contributed by atoms with van der Waals surface area (Å²) in [6.07, 6.45) is 0. The van der Waals surface area contributed by atoms with E-state index in [0.29, 0.717) is 4.80 Å². The molecule has 8 heteroatoms. The average molecular weight is 419 g/mol. The molecule has 24 heavy (non-hydrogen) atoms. The molecular weight excluding hydrogens is 408 g/mol. The molecule has 0 aliphatic rings. The van der Waals surface area contributed by atoms with E-state index in [2.05, 4.69) is 9.98 Å². The zero-order valence-electron chi connectivity index (χ0n) is 12.1. The summed E-state index contributed by atoms with van der Waals surface area (Å²) in [7, 11) is 0. The van der Waals surface area contributed by atoms with Crippen LogP contribution in [-0.4, -0.2) is 18.2 Å². The third-order valence-corrected chi connectivity index (χ3v) is 5.39. The smallest absolute Gasteiger partial charge is 0.226 e. The largest absolute Gasteiger partial charge is 0.246 e. The summed E-state index contributed by atoms with van der Waals surface area (Å²) in [6.45, 7) is 0. The van der Waals surface area contributed by atoms with Gasteiger partial charge in [0.15, 0.2) is 11.3 Å². The Morgan fingerprint density at radius 3 is 2.12 bits per heavy atom. The highest BCUT2D eigenvalue weighted by Crippen LogP contribution is 2.34. The molecule has 0 amide bonds. The molecule has 0 radical (unpaired) electrons. The summed E-state index contributed by atoms with van der Waals surface area (Å²) in [6, 6.07) is 19.7. The molecule has 0 bridgehead atoms. The van der Waals surface area contributed by atoms with Crippen molar-refractivity contribution in [3.05, 3.63) is 65.5 Å². The molecular formula is C16H11Cl4N3S. The minimum Gasteiger partial charge on any atom is -0.246 e. The van der Waals surface area contributed by atoms with E-state index in [-0.39, 0.29) is 0 Å². The standard InChI is InChI=1S/C16H11Cl4N3S/c17-14(16(18,19)20)22-15-21-13(11-7-3-1-4-8-11)23(24-15)12-9-5-2-6-10-12/h1-10,14H/t14-/m0/s1. The SMILES string of the molecule is Cl[C@@H](N=c1nc(-c2ccccc2)n(-c2ccccc2)s1)C(Cl)(Cl)Cl. The van der Waals surface area contributed by atoms with Crippen molar-refractivity contribution in [3.63, 3.8) is 0 Å². The van der Waals surface area contributed by atoms with Crippen LogP contribution < -0.4 is 4.80 Å². The number of benzene rings is 2. The van der Waals surface area contributed by atoms with Crippen LogP contribution in [-0.2, 0) is 0 Å². The van der Waals surface area contributed by atoms with Gasteiger partial charge in [-0.1, -0.05) is 94.9 Å². The van der Waals surface area contributed by atoms with Crippen LogP contribution in [0.2, 0.25) is 0 Å². The van der Waals surface area contributed by atoms with Crippen molar-refractivity contribution in [2.24, 2.45) is 4.99 Å². The van der Waals surface area contributed by atoms with Crippen molar-refractivity contribution in [1.29, 1.82) is 0 Å². The normalized spacial score (nSPS) is 13.9. The first-order valence-corrected chi connectivity index (χ1v) is 9.25. The van der Waals surface area contributed by atoms with Crippen LogP contribution in [0.25, 0.3) is 17.1 Å². The Hall–Kier alpha value is -1.04. The maximum absolute atomic E-state index is 6.04.